The number of likely N-dealkylation sites (tertiary alicyclic amines) is 2. The molecular formula is C19H28N2O3. The summed E-state index contributed by atoms with van der Waals surface area (Å²) in [5, 5.41) is 8.74. The number of hydrogen-bond acceptors (Lipinski definition) is 4. The first-order valence-electron chi connectivity index (χ1n) is 8.90. The molecule has 2 aliphatic rings. The van der Waals surface area contributed by atoms with Crippen molar-refractivity contribution in [3.05, 3.63) is 35.9 Å². The number of likely N-dealkylation sites (N-methyl/N-ethyl adjacent to an activating group) is 1. The van der Waals surface area contributed by atoms with Crippen molar-refractivity contribution in [3.8, 4) is 0 Å². The number of ether oxygens (including phenoxy) is 1. The van der Waals surface area contributed by atoms with Gasteiger partial charge in [-0.25, -0.2) is 0 Å². The predicted molar refractivity (Wildman–Crippen MR) is 92.9 cm³/mol. The van der Waals surface area contributed by atoms with Gasteiger partial charge in [-0.3, -0.25) is 4.79 Å². The number of rotatable bonds is 6. The molecule has 5 heteroatoms. The van der Waals surface area contributed by atoms with E-state index < -0.39 is 0 Å². The van der Waals surface area contributed by atoms with E-state index in [0.29, 0.717) is 13.2 Å². The highest BCUT2D eigenvalue weighted by Gasteiger charge is 2.50. The maximum atomic E-state index is 12.8. The van der Waals surface area contributed by atoms with E-state index in [0.717, 1.165) is 44.5 Å². The Kier molecular flexibility index (Phi) is 5.54. The number of carbonyl (C=O) groups is 1. The number of aliphatic hydroxyl groups excluding tert-OH is 1. The maximum absolute atomic E-state index is 12.8. The van der Waals surface area contributed by atoms with Gasteiger partial charge in [0, 0.05) is 32.2 Å². The minimum atomic E-state index is 0.00985. The quantitative estimate of drug-likeness (QED) is 0.802. The van der Waals surface area contributed by atoms with Crippen LogP contribution in [0.4, 0.5) is 0 Å². The van der Waals surface area contributed by atoms with Crippen molar-refractivity contribution in [2.24, 2.45) is 0 Å². The van der Waals surface area contributed by atoms with E-state index in [1.807, 2.05) is 30.1 Å². The summed E-state index contributed by atoms with van der Waals surface area (Å²) in [7, 11) is 1.98. The highest BCUT2D eigenvalue weighted by Crippen LogP contribution is 2.44. The highest BCUT2D eigenvalue weighted by molar-refractivity contribution is 5.87. The van der Waals surface area contributed by atoms with Gasteiger partial charge in [-0.05, 0) is 24.8 Å². The number of carbonyl (C=O) groups excluding carboxylic acids is 1. The van der Waals surface area contributed by atoms with Crippen LogP contribution in [0.25, 0.3) is 0 Å². The highest BCUT2D eigenvalue weighted by atomic mass is 16.5. The normalized spacial score (nSPS) is 24.0. The Morgan fingerprint density at radius 3 is 2.58 bits per heavy atom. The lowest BCUT2D eigenvalue weighted by molar-refractivity contribution is -0.131. The Morgan fingerprint density at radius 1 is 1.21 bits per heavy atom. The molecule has 2 fully saturated rings. The average Bonchev–Trinajstić information content (AvgIpc) is 2.87. The van der Waals surface area contributed by atoms with Crippen LogP contribution in [0.1, 0.15) is 30.7 Å². The van der Waals surface area contributed by atoms with Gasteiger partial charge >= 0.3 is 0 Å². The van der Waals surface area contributed by atoms with Crippen LogP contribution in [0, 0.1) is 0 Å². The fourth-order valence-corrected chi connectivity index (χ4v) is 4.11. The Labute approximate surface area is 144 Å². The zero-order chi connectivity index (χ0) is 17.0. The summed E-state index contributed by atoms with van der Waals surface area (Å²) in [5.41, 5.74) is 1.16. The molecule has 2 aliphatic heterocycles. The molecule has 2 saturated heterocycles. The summed E-state index contributed by atoms with van der Waals surface area (Å²) in [6, 6.07) is 10.2. The third-order valence-corrected chi connectivity index (χ3v) is 5.70. The third kappa shape index (κ3) is 3.48. The first-order valence-corrected chi connectivity index (χ1v) is 8.90. The van der Waals surface area contributed by atoms with Crippen LogP contribution < -0.4 is 0 Å². The Morgan fingerprint density at radius 2 is 1.92 bits per heavy atom. The molecule has 0 aliphatic carbocycles. The minimum absolute atomic E-state index is 0.00985. The van der Waals surface area contributed by atoms with Gasteiger partial charge < -0.3 is 19.6 Å². The fraction of sp³-hybridized carbons (Fsp3) is 0.632. The van der Waals surface area contributed by atoms with Gasteiger partial charge in [0.25, 0.3) is 0 Å². The van der Waals surface area contributed by atoms with E-state index in [1.54, 1.807) is 0 Å². The summed E-state index contributed by atoms with van der Waals surface area (Å²) in [6.45, 7) is 4.05. The molecule has 1 N–H and O–H groups in total. The molecule has 0 unspecified atom stereocenters. The Bertz CT molecular complexity index is 541. The second-order valence-corrected chi connectivity index (χ2v) is 6.97. The predicted octanol–water partition coefficient (Wildman–Crippen LogP) is 1.48. The molecule has 1 spiro atoms. The SMILES string of the molecule is CN1C(=O)[C@H](c2ccccc2)CC12CCN(CCOCCO)CC2. The van der Waals surface area contributed by atoms with E-state index >= 15 is 0 Å². The lowest BCUT2D eigenvalue weighted by Gasteiger charge is -2.43. The van der Waals surface area contributed by atoms with E-state index in [-0.39, 0.29) is 24.0 Å². The van der Waals surface area contributed by atoms with E-state index in [9.17, 15) is 4.79 Å². The standard InChI is InChI=1S/C19H28N2O3/c1-20-18(23)17(16-5-3-2-4-6-16)15-19(20)7-9-21(10-8-19)11-13-24-14-12-22/h2-6,17,22H,7-15H2,1H3/t17-/m0/s1. The van der Waals surface area contributed by atoms with Gasteiger partial charge in [-0.15, -0.1) is 0 Å². The average molecular weight is 332 g/mol. The minimum Gasteiger partial charge on any atom is -0.394 e. The molecule has 1 amide bonds. The summed E-state index contributed by atoms with van der Waals surface area (Å²) in [6.07, 6.45) is 2.98. The molecule has 132 valence electrons. The molecular weight excluding hydrogens is 304 g/mol. The third-order valence-electron chi connectivity index (χ3n) is 5.70. The smallest absolute Gasteiger partial charge is 0.230 e. The van der Waals surface area contributed by atoms with Crippen LogP contribution in [-0.4, -0.2) is 72.9 Å². The summed E-state index contributed by atoms with van der Waals surface area (Å²) in [5.74, 6) is 0.275. The van der Waals surface area contributed by atoms with Gasteiger partial charge in [0.2, 0.25) is 5.91 Å². The van der Waals surface area contributed by atoms with Crippen molar-refractivity contribution in [1.82, 2.24) is 9.80 Å². The van der Waals surface area contributed by atoms with Gasteiger partial charge in [0.1, 0.15) is 0 Å². The van der Waals surface area contributed by atoms with E-state index in [1.165, 1.54) is 0 Å². The number of hydrogen-bond donors (Lipinski definition) is 1. The van der Waals surface area contributed by atoms with Crippen LogP contribution in [0.3, 0.4) is 0 Å². The van der Waals surface area contributed by atoms with Gasteiger partial charge in [0.05, 0.1) is 25.7 Å². The van der Waals surface area contributed by atoms with Crippen LogP contribution in [0.15, 0.2) is 30.3 Å². The van der Waals surface area contributed by atoms with Crippen LogP contribution in [-0.2, 0) is 9.53 Å². The maximum Gasteiger partial charge on any atom is 0.230 e. The molecule has 1 aromatic carbocycles. The van der Waals surface area contributed by atoms with Crippen molar-refractivity contribution < 1.29 is 14.6 Å². The molecule has 0 aromatic heterocycles. The summed E-state index contributed by atoms with van der Waals surface area (Å²) in [4.78, 5) is 17.2. The molecule has 2 heterocycles. The molecule has 24 heavy (non-hydrogen) atoms. The topological polar surface area (TPSA) is 53.0 Å². The number of piperidine rings is 1. The monoisotopic (exact) mass is 332 g/mol. The van der Waals surface area contributed by atoms with Crippen molar-refractivity contribution in [3.63, 3.8) is 0 Å². The van der Waals surface area contributed by atoms with Crippen LogP contribution in [0.5, 0.6) is 0 Å². The van der Waals surface area contributed by atoms with Crippen molar-refractivity contribution in [2.45, 2.75) is 30.7 Å². The van der Waals surface area contributed by atoms with E-state index in [4.69, 9.17) is 9.84 Å². The number of benzene rings is 1. The lowest BCUT2D eigenvalue weighted by Crippen LogP contribution is -2.52. The van der Waals surface area contributed by atoms with E-state index in [2.05, 4.69) is 17.0 Å². The first-order chi connectivity index (χ1) is 11.7. The van der Waals surface area contributed by atoms with Gasteiger partial charge in [-0.1, -0.05) is 30.3 Å². The summed E-state index contributed by atoms with van der Waals surface area (Å²) < 4.78 is 5.36. The van der Waals surface area contributed by atoms with Crippen molar-refractivity contribution in [1.29, 1.82) is 0 Å². The first kappa shape index (κ1) is 17.4. The van der Waals surface area contributed by atoms with Crippen LogP contribution in [0.2, 0.25) is 0 Å². The molecule has 3 rings (SSSR count). The molecule has 1 aromatic rings. The second-order valence-electron chi connectivity index (χ2n) is 6.97. The van der Waals surface area contributed by atoms with Crippen molar-refractivity contribution >= 4 is 5.91 Å². The van der Waals surface area contributed by atoms with Gasteiger partial charge in [0.15, 0.2) is 0 Å². The summed E-state index contributed by atoms with van der Waals surface area (Å²) >= 11 is 0. The fourth-order valence-electron chi connectivity index (χ4n) is 4.11. The Hall–Kier alpha value is -1.43. The molecule has 0 bridgehead atoms. The molecule has 0 radical (unpaired) electrons. The number of aliphatic hydroxyl groups is 1. The number of amides is 1. The number of nitrogens with zero attached hydrogens (tertiary/aromatic N) is 2. The largest absolute Gasteiger partial charge is 0.394 e. The molecule has 1 atom stereocenters. The zero-order valence-electron chi connectivity index (χ0n) is 14.5. The molecule has 5 nitrogen and oxygen atoms in total. The molecule has 0 saturated carbocycles. The van der Waals surface area contributed by atoms with Crippen molar-refractivity contribution in [2.75, 3.05) is 46.5 Å². The lowest BCUT2D eigenvalue weighted by atomic mass is 9.81. The zero-order valence-corrected chi connectivity index (χ0v) is 14.5. The Balaban J connectivity index is 1.58. The second kappa shape index (κ2) is 7.64. The van der Waals surface area contributed by atoms with Crippen LogP contribution >= 0.6 is 0 Å². The van der Waals surface area contributed by atoms with Gasteiger partial charge in [-0.2, -0.15) is 0 Å².